The van der Waals surface area contributed by atoms with Crippen LogP contribution in [0.2, 0.25) is 5.02 Å². The molecule has 2 fully saturated rings. The number of fused-ring (bicyclic) bond motifs is 1. The molecule has 2 aliphatic rings. The number of benzene rings is 1. The second-order valence-electron chi connectivity index (χ2n) is 7.80. The van der Waals surface area contributed by atoms with E-state index >= 15 is 4.39 Å². The van der Waals surface area contributed by atoms with Crippen molar-refractivity contribution in [2.75, 3.05) is 31.1 Å². The molecular formula is C19H28BClFN3O2S. The SMILES string of the molecule is CC.CC1(C)OB(c2c(Cl)cc3c(N4CCNCC4)snc3c2F)OC1(C)C. The number of piperazine rings is 1. The van der Waals surface area contributed by atoms with Gasteiger partial charge in [-0.3, -0.25) is 0 Å². The molecule has 0 saturated carbocycles. The third kappa shape index (κ3) is 3.65. The summed E-state index contributed by atoms with van der Waals surface area (Å²) in [4.78, 5) is 2.22. The van der Waals surface area contributed by atoms with Crippen LogP contribution in [-0.2, 0) is 9.31 Å². The minimum Gasteiger partial charge on any atom is -0.399 e. The summed E-state index contributed by atoms with van der Waals surface area (Å²) < 4.78 is 31.7. The summed E-state index contributed by atoms with van der Waals surface area (Å²) in [7, 11) is -0.846. The normalized spacial score (nSPS) is 21.0. The Hall–Kier alpha value is -0.925. The van der Waals surface area contributed by atoms with Gasteiger partial charge in [-0.15, -0.1) is 0 Å². The Morgan fingerprint density at radius 1 is 1.18 bits per heavy atom. The highest BCUT2D eigenvalue weighted by Gasteiger charge is 2.53. The Labute approximate surface area is 175 Å². The van der Waals surface area contributed by atoms with Gasteiger partial charge in [0, 0.05) is 42.1 Å². The van der Waals surface area contributed by atoms with Crippen molar-refractivity contribution in [1.82, 2.24) is 9.69 Å². The van der Waals surface area contributed by atoms with Crippen molar-refractivity contribution in [1.29, 1.82) is 0 Å². The molecule has 0 atom stereocenters. The minimum atomic E-state index is -0.846. The lowest BCUT2D eigenvalue weighted by molar-refractivity contribution is 0.00578. The van der Waals surface area contributed by atoms with Crippen molar-refractivity contribution < 1.29 is 13.7 Å². The van der Waals surface area contributed by atoms with Gasteiger partial charge in [-0.1, -0.05) is 25.4 Å². The van der Waals surface area contributed by atoms with Crippen molar-refractivity contribution in [2.24, 2.45) is 0 Å². The van der Waals surface area contributed by atoms with Crippen molar-refractivity contribution in [3.63, 3.8) is 0 Å². The molecule has 2 aliphatic heterocycles. The van der Waals surface area contributed by atoms with Crippen molar-refractivity contribution in [3.8, 4) is 0 Å². The highest BCUT2D eigenvalue weighted by molar-refractivity contribution is 7.11. The molecule has 28 heavy (non-hydrogen) atoms. The number of aromatic nitrogens is 1. The van der Waals surface area contributed by atoms with Gasteiger partial charge in [-0.2, -0.15) is 4.37 Å². The maximum atomic E-state index is 15.3. The van der Waals surface area contributed by atoms with Gasteiger partial charge in [0.2, 0.25) is 0 Å². The van der Waals surface area contributed by atoms with Gasteiger partial charge in [0.25, 0.3) is 0 Å². The zero-order valence-corrected chi connectivity index (χ0v) is 18.9. The average Bonchev–Trinajstić information content (AvgIpc) is 3.15. The van der Waals surface area contributed by atoms with Crippen LogP contribution in [0.5, 0.6) is 0 Å². The monoisotopic (exact) mass is 427 g/mol. The van der Waals surface area contributed by atoms with E-state index in [1.54, 1.807) is 6.07 Å². The van der Waals surface area contributed by atoms with Crippen LogP contribution in [0.4, 0.5) is 9.39 Å². The van der Waals surface area contributed by atoms with Gasteiger partial charge < -0.3 is 19.5 Å². The van der Waals surface area contributed by atoms with E-state index in [-0.39, 0.29) is 5.46 Å². The van der Waals surface area contributed by atoms with E-state index in [2.05, 4.69) is 14.6 Å². The topological polar surface area (TPSA) is 46.6 Å². The third-order valence-electron chi connectivity index (χ3n) is 5.57. The summed E-state index contributed by atoms with van der Waals surface area (Å²) in [6, 6.07) is 1.79. The summed E-state index contributed by atoms with van der Waals surface area (Å²) in [6.07, 6.45) is 0. The van der Waals surface area contributed by atoms with Gasteiger partial charge in [0.15, 0.2) is 5.82 Å². The van der Waals surface area contributed by atoms with Gasteiger partial charge in [0.05, 0.1) is 11.2 Å². The predicted molar refractivity (Wildman–Crippen MR) is 117 cm³/mol. The minimum absolute atomic E-state index is 0.231. The van der Waals surface area contributed by atoms with E-state index in [0.717, 1.165) is 36.6 Å². The van der Waals surface area contributed by atoms with Crippen LogP contribution in [0.1, 0.15) is 41.5 Å². The molecule has 4 rings (SSSR count). The molecule has 0 spiro atoms. The zero-order valence-electron chi connectivity index (χ0n) is 17.4. The fourth-order valence-electron chi connectivity index (χ4n) is 3.29. The fourth-order valence-corrected chi connectivity index (χ4v) is 4.48. The van der Waals surface area contributed by atoms with Crippen LogP contribution in [0.15, 0.2) is 6.07 Å². The first kappa shape index (κ1) is 21.8. The van der Waals surface area contributed by atoms with E-state index in [4.69, 9.17) is 20.9 Å². The maximum absolute atomic E-state index is 15.3. The lowest BCUT2D eigenvalue weighted by Crippen LogP contribution is -2.43. The lowest BCUT2D eigenvalue weighted by atomic mass is 9.78. The van der Waals surface area contributed by atoms with Crippen molar-refractivity contribution in [2.45, 2.75) is 52.7 Å². The summed E-state index contributed by atoms with van der Waals surface area (Å²) in [6.45, 7) is 15.3. The smallest absolute Gasteiger partial charge is 0.399 e. The second-order valence-corrected chi connectivity index (χ2v) is 8.95. The Bertz CT molecular complexity index is 839. The second kappa shape index (κ2) is 8.07. The summed E-state index contributed by atoms with van der Waals surface area (Å²) in [5.41, 5.74) is -0.556. The van der Waals surface area contributed by atoms with Crippen LogP contribution in [0, 0.1) is 5.82 Å². The molecule has 1 aromatic carbocycles. The van der Waals surface area contributed by atoms with E-state index in [1.807, 2.05) is 41.5 Å². The average molecular weight is 428 g/mol. The number of anilines is 1. The molecular weight excluding hydrogens is 400 g/mol. The molecule has 1 aromatic heterocycles. The molecule has 2 aromatic rings. The molecule has 1 N–H and O–H groups in total. The van der Waals surface area contributed by atoms with Crippen LogP contribution in [0.3, 0.4) is 0 Å². The largest absolute Gasteiger partial charge is 0.499 e. The van der Waals surface area contributed by atoms with Gasteiger partial charge >= 0.3 is 7.12 Å². The predicted octanol–water partition coefficient (Wildman–Crippen LogP) is 3.82. The Kier molecular flexibility index (Phi) is 6.28. The van der Waals surface area contributed by atoms with Gasteiger partial charge in [-0.25, -0.2) is 4.39 Å². The molecule has 0 radical (unpaired) electrons. The molecule has 0 unspecified atom stereocenters. The summed E-state index contributed by atoms with van der Waals surface area (Å²) in [5.74, 6) is -0.455. The van der Waals surface area contributed by atoms with E-state index in [9.17, 15) is 0 Å². The first-order chi connectivity index (χ1) is 13.2. The number of hydrogen-bond acceptors (Lipinski definition) is 6. The van der Waals surface area contributed by atoms with E-state index in [1.165, 1.54) is 11.5 Å². The molecule has 3 heterocycles. The van der Waals surface area contributed by atoms with Crippen molar-refractivity contribution in [3.05, 3.63) is 16.9 Å². The molecule has 9 heteroatoms. The number of nitrogens with zero attached hydrogens (tertiary/aromatic N) is 2. The molecule has 0 aliphatic carbocycles. The van der Waals surface area contributed by atoms with Gasteiger partial charge in [0.1, 0.15) is 10.5 Å². The third-order valence-corrected chi connectivity index (χ3v) is 6.81. The van der Waals surface area contributed by atoms with Crippen LogP contribution >= 0.6 is 23.1 Å². The van der Waals surface area contributed by atoms with E-state index in [0.29, 0.717) is 10.5 Å². The number of hydrogen-bond donors (Lipinski definition) is 1. The summed E-state index contributed by atoms with van der Waals surface area (Å²) >= 11 is 7.80. The summed E-state index contributed by atoms with van der Waals surface area (Å²) in [5, 5.41) is 5.34. The molecule has 0 amide bonds. The van der Waals surface area contributed by atoms with Crippen LogP contribution < -0.4 is 15.7 Å². The fraction of sp³-hybridized carbons (Fsp3) is 0.632. The van der Waals surface area contributed by atoms with E-state index < -0.39 is 24.1 Å². The zero-order chi connectivity index (χ0) is 20.7. The Morgan fingerprint density at radius 2 is 1.75 bits per heavy atom. The Morgan fingerprint density at radius 3 is 2.32 bits per heavy atom. The molecule has 2 saturated heterocycles. The quantitative estimate of drug-likeness (QED) is 0.738. The first-order valence-corrected chi connectivity index (χ1v) is 10.9. The highest BCUT2D eigenvalue weighted by Crippen LogP contribution is 2.39. The van der Waals surface area contributed by atoms with Crippen LogP contribution in [-0.4, -0.2) is 48.9 Å². The molecule has 0 bridgehead atoms. The molecule has 154 valence electrons. The number of rotatable bonds is 2. The standard InChI is InChI=1S/C17H22BClFN3O2S.C2H6/c1-16(2)17(3,4)25-18(24-16)12-11(19)9-10-14(13(12)20)22-26-15(10)23-7-5-21-6-8-23;1-2/h9,21H,5-8H2,1-4H3;1-2H3. The highest BCUT2D eigenvalue weighted by atomic mass is 35.5. The molecule has 5 nitrogen and oxygen atoms in total. The first-order valence-electron chi connectivity index (χ1n) is 9.80. The van der Waals surface area contributed by atoms with Gasteiger partial charge in [-0.05, 0) is 45.3 Å². The van der Waals surface area contributed by atoms with Crippen molar-refractivity contribution >= 4 is 51.6 Å². The Balaban J connectivity index is 0.00000109. The van der Waals surface area contributed by atoms with Crippen LogP contribution in [0.25, 0.3) is 10.9 Å². The number of nitrogens with one attached hydrogen (secondary N) is 1. The number of halogens is 2. The lowest BCUT2D eigenvalue weighted by Gasteiger charge is -2.32. The maximum Gasteiger partial charge on any atom is 0.499 e.